The van der Waals surface area contributed by atoms with Crippen LogP contribution >= 0.6 is 11.6 Å². The van der Waals surface area contributed by atoms with E-state index in [-0.39, 0.29) is 22.9 Å². The first kappa shape index (κ1) is 29.2. The highest BCUT2D eigenvalue weighted by Crippen LogP contribution is 2.28. The molecule has 0 fully saturated rings. The Morgan fingerprint density at radius 2 is 1.71 bits per heavy atom. The third-order valence-electron chi connectivity index (χ3n) is 5.90. The standard InChI is InChI=1S/C29H25ClN4O6S/c1-21-7-12-25(17-28(21)30)33(41(38,39)27-5-3-2-4-6-27)19-29(35)32-31-18-22-10-15-26(16-11-22)40-20-23-8-13-24(14-9-23)34(36)37/h2-18H,19-20H2,1H3,(H,32,35)/b31-18+. The molecule has 0 aliphatic carbocycles. The summed E-state index contributed by atoms with van der Waals surface area (Å²) in [5.41, 5.74) is 4.82. The highest BCUT2D eigenvalue weighted by molar-refractivity contribution is 7.92. The molecule has 0 aromatic heterocycles. The van der Waals surface area contributed by atoms with E-state index in [4.69, 9.17) is 16.3 Å². The van der Waals surface area contributed by atoms with Gasteiger partial charge in [-0.05, 0) is 84.3 Å². The van der Waals surface area contributed by atoms with Crippen molar-refractivity contribution in [2.45, 2.75) is 18.4 Å². The Morgan fingerprint density at radius 3 is 2.34 bits per heavy atom. The SMILES string of the molecule is Cc1ccc(N(CC(=O)N/N=C/c2ccc(OCc3ccc([N+](=O)[O-])cc3)cc2)S(=O)(=O)c2ccccc2)cc1Cl. The summed E-state index contributed by atoms with van der Waals surface area (Å²) in [4.78, 5) is 23.1. The fraction of sp³-hybridized carbons (Fsp3) is 0.103. The van der Waals surface area contributed by atoms with Crippen LogP contribution in [0.4, 0.5) is 11.4 Å². The van der Waals surface area contributed by atoms with Crippen LogP contribution in [0.3, 0.4) is 0 Å². The van der Waals surface area contributed by atoms with Gasteiger partial charge in [-0.3, -0.25) is 19.2 Å². The van der Waals surface area contributed by atoms with E-state index in [0.717, 1.165) is 15.4 Å². The predicted molar refractivity (Wildman–Crippen MR) is 157 cm³/mol. The van der Waals surface area contributed by atoms with Gasteiger partial charge < -0.3 is 4.74 Å². The van der Waals surface area contributed by atoms with Crippen LogP contribution in [0.25, 0.3) is 0 Å². The zero-order chi connectivity index (χ0) is 29.4. The van der Waals surface area contributed by atoms with Gasteiger partial charge in [0.15, 0.2) is 0 Å². The van der Waals surface area contributed by atoms with Crippen LogP contribution in [0.15, 0.2) is 107 Å². The molecule has 0 bridgehead atoms. The molecule has 4 aromatic rings. The molecule has 0 radical (unpaired) electrons. The summed E-state index contributed by atoms with van der Waals surface area (Å²) >= 11 is 6.24. The fourth-order valence-electron chi connectivity index (χ4n) is 3.65. The number of rotatable bonds is 11. The second-order valence-electron chi connectivity index (χ2n) is 8.83. The normalized spacial score (nSPS) is 11.3. The molecule has 1 amide bonds. The maximum Gasteiger partial charge on any atom is 0.269 e. The van der Waals surface area contributed by atoms with Crippen molar-refractivity contribution < 1.29 is 22.9 Å². The van der Waals surface area contributed by atoms with Crippen LogP contribution in [0.5, 0.6) is 5.75 Å². The van der Waals surface area contributed by atoms with Crippen LogP contribution in [0.1, 0.15) is 16.7 Å². The van der Waals surface area contributed by atoms with E-state index in [0.29, 0.717) is 16.3 Å². The topological polar surface area (TPSA) is 131 Å². The molecule has 1 N–H and O–H groups in total. The number of carbonyl (C=O) groups excluding carboxylic acids is 1. The lowest BCUT2D eigenvalue weighted by Gasteiger charge is -2.24. The summed E-state index contributed by atoms with van der Waals surface area (Å²) in [6, 6.07) is 25.5. The first-order chi connectivity index (χ1) is 19.6. The number of amides is 1. The maximum absolute atomic E-state index is 13.4. The third-order valence-corrected chi connectivity index (χ3v) is 8.09. The van der Waals surface area contributed by atoms with Crippen molar-refractivity contribution in [3.05, 3.63) is 129 Å². The van der Waals surface area contributed by atoms with Gasteiger partial charge in [0.05, 0.1) is 21.7 Å². The molecule has 0 aliphatic rings. The highest BCUT2D eigenvalue weighted by atomic mass is 35.5. The Kier molecular flexibility index (Phi) is 9.33. The average Bonchev–Trinajstić information content (AvgIpc) is 2.97. The number of sulfonamides is 1. The molecular weight excluding hydrogens is 568 g/mol. The molecule has 0 atom stereocenters. The summed E-state index contributed by atoms with van der Waals surface area (Å²) < 4.78 is 33.5. The molecule has 4 aromatic carbocycles. The van der Waals surface area contributed by atoms with E-state index in [1.54, 1.807) is 73.7 Å². The van der Waals surface area contributed by atoms with Crippen molar-refractivity contribution in [3.8, 4) is 5.75 Å². The predicted octanol–water partition coefficient (Wildman–Crippen LogP) is 5.48. The van der Waals surface area contributed by atoms with Crippen molar-refractivity contribution >= 4 is 45.1 Å². The fourth-order valence-corrected chi connectivity index (χ4v) is 5.26. The van der Waals surface area contributed by atoms with E-state index >= 15 is 0 Å². The Hall–Kier alpha value is -4.74. The first-order valence-electron chi connectivity index (χ1n) is 12.3. The van der Waals surface area contributed by atoms with Gasteiger partial charge in [0.1, 0.15) is 18.9 Å². The Balaban J connectivity index is 1.39. The molecule has 4 rings (SSSR count). The molecule has 0 spiro atoms. The van der Waals surface area contributed by atoms with Gasteiger partial charge in [0.25, 0.3) is 21.6 Å². The van der Waals surface area contributed by atoms with E-state index in [1.807, 2.05) is 0 Å². The van der Waals surface area contributed by atoms with Crippen LogP contribution in [-0.4, -0.2) is 32.0 Å². The number of nitro groups is 1. The van der Waals surface area contributed by atoms with Gasteiger partial charge in [-0.1, -0.05) is 35.9 Å². The second kappa shape index (κ2) is 13.1. The number of nitrogens with zero attached hydrogens (tertiary/aromatic N) is 3. The van der Waals surface area contributed by atoms with Gasteiger partial charge >= 0.3 is 0 Å². The zero-order valence-electron chi connectivity index (χ0n) is 21.8. The monoisotopic (exact) mass is 592 g/mol. The number of carbonyl (C=O) groups is 1. The summed E-state index contributed by atoms with van der Waals surface area (Å²) in [5.74, 6) is -0.0800. The van der Waals surface area contributed by atoms with Gasteiger partial charge in [0.2, 0.25) is 0 Å². The van der Waals surface area contributed by atoms with Crippen molar-refractivity contribution in [3.63, 3.8) is 0 Å². The maximum atomic E-state index is 13.4. The van der Waals surface area contributed by atoms with Crippen molar-refractivity contribution in [2.24, 2.45) is 5.10 Å². The second-order valence-corrected chi connectivity index (χ2v) is 11.1. The number of ether oxygens (including phenoxy) is 1. The molecule has 0 saturated carbocycles. The lowest BCUT2D eigenvalue weighted by atomic mass is 10.2. The first-order valence-corrected chi connectivity index (χ1v) is 14.1. The quantitative estimate of drug-likeness (QED) is 0.139. The Bertz CT molecular complexity index is 1660. The smallest absolute Gasteiger partial charge is 0.269 e. The number of halogens is 1. The van der Waals surface area contributed by atoms with Gasteiger partial charge in [0, 0.05) is 17.2 Å². The molecule has 0 saturated heterocycles. The number of anilines is 1. The largest absolute Gasteiger partial charge is 0.489 e. The van der Waals surface area contributed by atoms with Gasteiger partial charge in [-0.2, -0.15) is 5.10 Å². The Labute approximate surface area is 242 Å². The minimum Gasteiger partial charge on any atom is -0.489 e. The minimum atomic E-state index is -4.07. The molecule has 12 heteroatoms. The van der Waals surface area contributed by atoms with Gasteiger partial charge in [-0.25, -0.2) is 13.8 Å². The molecular formula is C29H25ClN4O6S. The van der Waals surface area contributed by atoms with Crippen molar-refractivity contribution in [1.29, 1.82) is 0 Å². The summed E-state index contributed by atoms with van der Waals surface area (Å²) in [6.45, 7) is 1.50. The zero-order valence-corrected chi connectivity index (χ0v) is 23.4. The number of hydrogen-bond donors (Lipinski definition) is 1. The Morgan fingerprint density at radius 1 is 1.02 bits per heavy atom. The van der Waals surface area contributed by atoms with Crippen molar-refractivity contribution in [1.82, 2.24) is 5.43 Å². The summed E-state index contributed by atoms with van der Waals surface area (Å²) in [7, 11) is -4.07. The molecule has 0 aliphatic heterocycles. The molecule has 0 heterocycles. The lowest BCUT2D eigenvalue weighted by Crippen LogP contribution is -2.39. The van der Waals surface area contributed by atoms with E-state index in [1.165, 1.54) is 36.5 Å². The number of nitro benzene ring substituents is 1. The number of hydrogen-bond acceptors (Lipinski definition) is 7. The van der Waals surface area contributed by atoms with E-state index in [9.17, 15) is 23.3 Å². The van der Waals surface area contributed by atoms with E-state index < -0.39 is 27.4 Å². The van der Waals surface area contributed by atoms with Crippen LogP contribution in [0.2, 0.25) is 5.02 Å². The van der Waals surface area contributed by atoms with Crippen LogP contribution in [0, 0.1) is 17.0 Å². The number of non-ortho nitro benzene ring substituents is 1. The lowest BCUT2D eigenvalue weighted by molar-refractivity contribution is -0.384. The average molecular weight is 593 g/mol. The van der Waals surface area contributed by atoms with Crippen molar-refractivity contribution in [2.75, 3.05) is 10.8 Å². The number of aryl methyl sites for hydroxylation is 1. The molecule has 0 unspecified atom stereocenters. The number of benzene rings is 4. The molecule has 41 heavy (non-hydrogen) atoms. The third kappa shape index (κ3) is 7.68. The number of nitrogens with one attached hydrogen (secondary N) is 1. The van der Waals surface area contributed by atoms with Crippen LogP contribution < -0.4 is 14.5 Å². The van der Waals surface area contributed by atoms with Crippen LogP contribution in [-0.2, 0) is 21.4 Å². The van der Waals surface area contributed by atoms with Gasteiger partial charge in [-0.15, -0.1) is 0 Å². The molecule has 10 nitrogen and oxygen atoms in total. The summed E-state index contributed by atoms with van der Waals surface area (Å²) in [6.07, 6.45) is 1.41. The highest BCUT2D eigenvalue weighted by Gasteiger charge is 2.27. The number of hydrazone groups is 1. The van der Waals surface area contributed by atoms with E-state index in [2.05, 4.69) is 10.5 Å². The molecule has 210 valence electrons. The minimum absolute atomic E-state index is 0.00885. The summed E-state index contributed by atoms with van der Waals surface area (Å²) in [5, 5.41) is 15.1.